The number of pyridine rings is 1. The summed E-state index contributed by atoms with van der Waals surface area (Å²) in [5, 5.41) is 9.07. The van der Waals surface area contributed by atoms with Crippen LogP contribution in [0.2, 0.25) is 0 Å². The number of rotatable bonds is 2. The van der Waals surface area contributed by atoms with Crippen LogP contribution in [0.1, 0.15) is 10.4 Å². The van der Waals surface area contributed by atoms with Gasteiger partial charge in [0, 0.05) is 18.0 Å². The standard InChI is InChI=1S/C14H8F2N2O2/c15-8-3-4-11(16)10(6-8)12-7-18-5-1-2-9(14(19)20)13(18)17-12/h1-7H,(H,19,20). The normalized spacial score (nSPS) is 10.9. The maximum atomic E-state index is 13.7. The second-order valence-corrected chi connectivity index (χ2v) is 4.21. The molecule has 0 aliphatic heterocycles. The van der Waals surface area contributed by atoms with Crippen molar-refractivity contribution in [1.29, 1.82) is 0 Å². The van der Waals surface area contributed by atoms with E-state index in [1.54, 1.807) is 12.3 Å². The fraction of sp³-hybridized carbons (Fsp3) is 0. The first-order valence-electron chi connectivity index (χ1n) is 5.72. The van der Waals surface area contributed by atoms with Crippen LogP contribution < -0.4 is 0 Å². The summed E-state index contributed by atoms with van der Waals surface area (Å²) in [6, 6.07) is 5.99. The minimum atomic E-state index is -1.13. The van der Waals surface area contributed by atoms with E-state index in [1.165, 1.54) is 16.7 Å². The zero-order valence-corrected chi connectivity index (χ0v) is 10.0. The lowest BCUT2D eigenvalue weighted by atomic mass is 10.1. The highest BCUT2D eigenvalue weighted by Gasteiger charge is 2.15. The molecule has 0 fully saturated rings. The van der Waals surface area contributed by atoms with E-state index in [0.29, 0.717) is 0 Å². The van der Waals surface area contributed by atoms with Gasteiger partial charge in [0.05, 0.1) is 5.69 Å². The van der Waals surface area contributed by atoms with E-state index in [9.17, 15) is 13.6 Å². The fourth-order valence-electron chi connectivity index (χ4n) is 2.00. The predicted molar refractivity (Wildman–Crippen MR) is 67.5 cm³/mol. The van der Waals surface area contributed by atoms with Crippen LogP contribution in [0.25, 0.3) is 16.9 Å². The molecular weight excluding hydrogens is 266 g/mol. The minimum absolute atomic E-state index is 0.00411. The zero-order chi connectivity index (χ0) is 14.3. The molecular formula is C14H8F2N2O2. The topological polar surface area (TPSA) is 54.6 Å². The fourth-order valence-corrected chi connectivity index (χ4v) is 2.00. The maximum absolute atomic E-state index is 13.7. The highest BCUT2D eigenvalue weighted by atomic mass is 19.1. The van der Waals surface area contributed by atoms with Gasteiger partial charge in [0.15, 0.2) is 5.65 Å². The Bertz CT molecular complexity index is 827. The van der Waals surface area contributed by atoms with Gasteiger partial charge in [0.1, 0.15) is 17.2 Å². The number of hydrogen-bond donors (Lipinski definition) is 1. The van der Waals surface area contributed by atoms with E-state index in [4.69, 9.17) is 5.11 Å². The summed E-state index contributed by atoms with van der Waals surface area (Å²) < 4.78 is 28.4. The van der Waals surface area contributed by atoms with Gasteiger partial charge in [-0.3, -0.25) is 0 Å². The number of aromatic carboxylic acids is 1. The third-order valence-corrected chi connectivity index (χ3v) is 2.92. The second kappa shape index (κ2) is 4.41. The van der Waals surface area contributed by atoms with Crippen molar-refractivity contribution in [2.24, 2.45) is 0 Å². The van der Waals surface area contributed by atoms with Gasteiger partial charge in [0.25, 0.3) is 0 Å². The highest BCUT2D eigenvalue weighted by molar-refractivity contribution is 5.94. The Kier molecular flexibility index (Phi) is 2.71. The molecule has 0 aliphatic carbocycles. The van der Waals surface area contributed by atoms with Crippen LogP contribution in [0.5, 0.6) is 0 Å². The average Bonchev–Trinajstić information content (AvgIpc) is 2.84. The molecule has 0 amide bonds. The third kappa shape index (κ3) is 1.91. The SMILES string of the molecule is O=C(O)c1cccn2cc(-c3cc(F)ccc3F)nc12. The van der Waals surface area contributed by atoms with Crippen molar-refractivity contribution in [3.05, 3.63) is 59.9 Å². The number of nitrogens with zero attached hydrogens (tertiary/aromatic N) is 2. The molecule has 20 heavy (non-hydrogen) atoms. The van der Waals surface area contributed by atoms with Crippen LogP contribution in [-0.2, 0) is 0 Å². The van der Waals surface area contributed by atoms with Crippen LogP contribution in [-0.4, -0.2) is 20.5 Å². The number of carbonyl (C=O) groups is 1. The molecule has 2 heterocycles. The van der Waals surface area contributed by atoms with E-state index < -0.39 is 17.6 Å². The van der Waals surface area contributed by atoms with Crippen LogP contribution in [0.4, 0.5) is 8.78 Å². The molecule has 100 valence electrons. The molecule has 0 spiro atoms. The lowest BCUT2D eigenvalue weighted by molar-refractivity contribution is 0.0698. The van der Waals surface area contributed by atoms with Crippen molar-refractivity contribution in [2.75, 3.05) is 0 Å². The van der Waals surface area contributed by atoms with Crippen molar-refractivity contribution < 1.29 is 18.7 Å². The Balaban J connectivity index is 2.26. The summed E-state index contributed by atoms with van der Waals surface area (Å²) in [4.78, 5) is 15.2. The summed E-state index contributed by atoms with van der Waals surface area (Å²) in [5.41, 5.74) is 0.343. The number of aromatic nitrogens is 2. The number of halogens is 2. The van der Waals surface area contributed by atoms with Gasteiger partial charge in [0.2, 0.25) is 0 Å². The minimum Gasteiger partial charge on any atom is -0.478 e. The predicted octanol–water partition coefficient (Wildman–Crippen LogP) is 2.98. The van der Waals surface area contributed by atoms with Crippen molar-refractivity contribution in [2.45, 2.75) is 0 Å². The lowest BCUT2D eigenvalue weighted by Gasteiger charge is -1.98. The molecule has 0 unspecified atom stereocenters. The number of imidazole rings is 1. The number of carboxylic acid groups (broad SMARTS) is 1. The lowest BCUT2D eigenvalue weighted by Crippen LogP contribution is -1.99. The zero-order valence-electron chi connectivity index (χ0n) is 10.0. The summed E-state index contributed by atoms with van der Waals surface area (Å²) >= 11 is 0. The Morgan fingerprint density at radius 1 is 1.25 bits per heavy atom. The van der Waals surface area contributed by atoms with Gasteiger partial charge in [-0.05, 0) is 30.3 Å². The molecule has 0 aliphatic rings. The summed E-state index contributed by atoms with van der Waals surface area (Å²) in [6.45, 7) is 0. The smallest absolute Gasteiger partial charge is 0.339 e. The largest absolute Gasteiger partial charge is 0.478 e. The van der Waals surface area contributed by atoms with Crippen LogP contribution >= 0.6 is 0 Å². The van der Waals surface area contributed by atoms with Crippen LogP contribution in [0, 0.1) is 11.6 Å². The quantitative estimate of drug-likeness (QED) is 0.781. The van der Waals surface area contributed by atoms with Gasteiger partial charge < -0.3 is 9.51 Å². The summed E-state index contributed by atoms with van der Waals surface area (Å²) in [5.74, 6) is -2.34. The summed E-state index contributed by atoms with van der Waals surface area (Å²) in [6.07, 6.45) is 3.05. The Morgan fingerprint density at radius 2 is 2.05 bits per heavy atom. The van der Waals surface area contributed by atoms with Gasteiger partial charge in [-0.1, -0.05) is 0 Å². The molecule has 3 aromatic rings. The average molecular weight is 274 g/mol. The molecule has 2 aromatic heterocycles. The van der Waals surface area contributed by atoms with Gasteiger partial charge in [-0.25, -0.2) is 18.6 Å². The van der Waals surface area contributed by atoms with E-state index in [0.717, 1.165) is 18.2 Å². The first-order chi connectivity index (χ1) is 9.56. The summed E-state index contributed by atoms with van der Waals surface area (Å²) in [7, 11) is 0. The molecule has 4 nitrogen and oxygen atoms in total. The van der Waals surface area contributed by atoms with Gasteiger partial charge in [-0.2, -0.15) is 0 Å². The molecule has 0 bridgehead atoms. The second-order valence-electron chi connectivity index (χ2n) is 4.21. The van der Waals surface area contributed by atoms with Crippen molar-refractivity contribution >= 4 is 11.6 Å². The number of carboxylic acids is 1. The molecule has 6 heteroatoms. The Labute approximate surface area is 111 Å². The molecule has 0 saturated heterocycles. The van der Waals surface area contributed by atoms with E-state index in [-0.39, 0.29) is 22.5 Å². The van der Waals surface area contributed by atoms with Crippen molar-refractivity contribution in [3.8, 4) is 11.3 Å². The highest BCUT2D eigenvalue weighted by Crippen LogP contribution is 2.24. The maximum Gasteiger partial charge on any atom is 0.339 e. The van der Waals surface area contributed by atoms with Crippen molar-refractivity contribution in [1.82, 2.24) is 9.38 Å². The first-order valence-corrected chi connectivity index (χ1v) is 5.72. The molecule has 1 N–H and O–H groups in total. The van der Waals surface area contributed by atoms with E-state index in [2.05, 4.69) is 4.98 Å². The Morgan fingerprint density at radius 3 is 2.80 bits per heavy atom. The number of fused-ring (bicyclic) bond motifs is 1. The monoisotopic (exact) mass is 274 g/mol. The van der Waals surface area contributed by atoms with Gasteiger partial charge >= 0.3 is 5.97 Å². The molecule has 1 aromatic carbocycles. The van der Waals surface area contributed by atoms with Gasteiger partial charge in [-0.15, -0.1) is 0 Å². The molecule has 0 saturated carbocycles. The molecule has 0 radical (unpaired) electrons. The molecule has 0 atom stereocenters. The third-order valence-electron chi connectivity index (χ3n) is 2.92. The van der Waals surface area contributed by atoms with Crippen LogP contribution in [0.15, 0.2) is 42.7 Å². The Hall–Kier alpha value is -2.76. The van der Waals surface area contributed by atoms with E-state index >= 15 is 0 Å². The van der Waals surface area contributed by atoms with Crippen molar-refractivity contribution in [3.63, 3.8) is 0 Å². The number of benzene rings is 1. The first kappa shape index (κ1) is 12.3. The molecule has 3 rings (SSSR count). The van der Waals surface area contributed by atoms with Crippen LogP contribution in [0.3, 0.4) is 0 Å². The van der Waals surface area contributed by atoms with E-state index in [1.807, 2.05) is 0 Å². The number of hydrogen-bond acceptors (Lipinski definition) is 2.